The van der Waals surface area contributed by atoms with Crippen LogP contribution in [-0.2, 0) is 9.53 Å². The van der Waals surface area contributed by atoms with Gasteiger partial charge in [-0.05, 0) is 38.5 Å². The fourth-order valence-electron chi connectivity index (χ4n) is 4.67. The van der Waals surface area contributed by atoms with Crippen molar-refractivity contribution in [1.29, 1.82) is 0 Å². The van der Waals surface area contributed by atoms with Gasteiger partial charge < -0.3 is 19.4 Å². The minimum Gasteiger partial charge on any atom is -0.438 e. The Morgan fingerprint density at radius 1 is 1.07 bits per heavy atom. The van der Waals surface area contributed by atoms with Gasteiger partial charge in [0.2, 0.25) is 11.7 Å². The van der Waals surface area contributed by atoms with E-state index < -0.39 is 0 Å². The number of ether oxygens (including phenoxy) is 1. The van der Waals surface area contributed by atoms with Gasteiger partial charge in [0.15, 0.2) is 6.39 Å². The van der Waals surface area contributed by atoms with Crippen LogP contribution in [0.2, 0.25) is 0 Å². The normalized spacial score (nSPS) is 27.5. The molecule has 3 saturated heterocycles. The van der Waals surface area contributed by atoms with E-state index in [-0.39, 0.29) is 29.5 Å². The summed E-state index contributed by atoms with van der Waals surface area (Å²) in [5, 5.41) is 3.09. The van der Waals surface area contributed by atoms with Gasteiger partial charge in [-0.2, -0.15) is 0 Å². The molecule has 0 aromatic carbocycles. The fraction of sp³-hybridized carbons (Fsp3) is 0.750. The van der Waals surface area contributed by atoms with Crippen molar-refractivity contribution >= 4 is 11.8 Å². The Hall–Kier alpha value is -1.93. The maximum absolute atomic E-state index is 13.1. The van der Waals surface area contributed by atoms with Crippen LogP contribution in [0.3, 0.4) is 0 Å². The maximum atomic E-state index is 13.1. The molecule has 3 aliphatic rings. The molecular formula is C20H30N4O4. The van der Waals surface area contributed by atoms with E-state index in [1.807, 2.05) is 4.90 Å². The second kappa shape index (κ2) is 9.05. The van der Waals surface area contributed by atoms with Gasteiger partial charge >= 0.3 is 0 Å². The van der Waals surface area contributed by atoms with Crippen LogP contribution in [0.1, 0.15) is 49.1 Å². The average molecular weight is 390 g/mol. The molecular weight excluding hydrogens is 360 g/mol. The second-order valence-electron chi connectivity index (χ2n) is 8.14. The Kier molecular flexibility index (Phi) is 6.26. The molecule has 2 atom stereocenters. The standard InChI is InChI=1S/C20H30N4O4/c25-19(18-11-21-14-28-18)22-16-4-3-15(20(26)23-7-1-2-8-23)12-24(13-16)17-5-9-27-10-6-17/h11,14-17H,1-10,12-13H2,(H,22,25)/t15-,16+/m1/s1. The molecule has 0 aliphatic carbocycles. The molecule has 3 aliphatic heterocycles. The summed E-state index contributed by atoms with van der Waals surface area (Å²) in [7, 11) is 0. The molecule has 1 aromatic heterocycles. The maximum Gasteiger partial charge on any atom is 0.288 e. The summed E-state index contributed by atoms with van der Waals surface area (Å²) < 4.78 is 10.7. The van der Waals surface area contributed by atoms with Crippen LogP contribution in [0, 0.1) is 5.92 Å². The number of amides is 2. The average Bonchev–Trinajstić information content (AvgIpc) is 3.41. The molecule has 0 unspecified atom stereocenters. The van der Waals surface area contributed by atoms with Crippen LogP contribution in [-0.4, -0.2) is 78.1 Å². The molecule has 2 amide bonds. The van der Waals surface area contributed by atoms with Crippen molar-refractivity contribution in [2.75, 3.05) is 39.4 Å². The molecule has 8 heteroatoms. The Balaban J connectivity index is 1.45. The zero-order valence-corrected chi connectivity index (χ0v) is 16.3. The predicted octanol–water partition coefficient (Wildman–Crippen LogP) is 1.29. The summed E-state index contributed by atoms with van der Waals surface area (Å²) in [6.45, 7) is 4.83. The summed E-state index contributed by atoms with van der Waals surface area (Å²) in [6.07, 6.45) is 8.47. The highest BCUT2D eigenvalue weighted by molar-refractivity contribution is 5.91. The summed E-state index contributed by atoms with van der Waals surface area (Å²) >= 11 is 0. The third kappa shape index (κ3) is 4.55. The highest BCUT2D eigenvalue weighted by Crippen LogP contribution is 2.25. The van der Waals surface area contributed by atoms with Gasteiger partial charge in [0, 0.05) is 51.5 Å². The number of oxazole rings is 1. The highest BCUT2D eigenvalue weighted by Gasteiger charge is 2.35. The first kappa shape index (κ1) is 19.4. The van der Waals surface area contributed by atoms with E-state index >= 15 is 0 Å². The summed E-state index contributed by atoms with van der Waals surface area (Å²) in [4.78, 5) is 33.8. The predicted molar refractivity (Wildman–Crippen MR) is 102 cm³/mol. The van der Waals surface area contributed by atoms with Crippen molar-refractivity contribution in [3.63, 3.8) is 0 Å². The molecule has 0 spiro atoms. The van der Waals surface area contributed by atoms with Crippen molar-refractivity contribution in [2.45, 2.75) is 50.6 Å². The Labute approximate surface area is 165 Å². The second-order valence-corrected chi connectivity index (χ2v) is 8.14. The minimum absolute atomic E-state index is 0.00294. The van der Waals surface area contributed by atoms with Crippen LogP contribution in [0.5, 0.6) is 0 Å². The lowest BCUT2D eigenvalue weighted by atomic mass is 9.99. The number of rotatable bonds is 4. The first-order chi connectivity index (χ1) is 13.7. The quantitative estimate of drug-likeness (QED) is 0.833. The van der Waals surface area contributed by atoms with E-state index in [1.54, 1.807) is 0 Å². The zero-order valence-electron chi connectivity index (χ0n) is 16.3. The van der Waals surface area contributed by atoms with Gasteiger partial charge in [-0.1, -0.05) is 0 Å². The topological polar surface area (TPSA) is 87.9 Å². The molecule has 1 N–H and O–H groups in total. The first-order valence-corrected chi connectivity index (χ1v) is 10.5. The van der Waals surface area contributed by atoms with Gasteiger partial charge in [0.05, 0.1) is 12.1 Å². The summed E-state index contributed by atoms with van der Waals surface area (Å²) in [5.41, 5.74) is 0. The largest absolute Gasteiger partial charge is 0.438 e. The van der Waals surface area contributed by atoms with Gasteiger partial charge in [-0.15, -0.1) is 0 Å². The summed E-state index contributed by atoms with van der Waals surface area (Å²) in [6, 6.07) is 0.405. The minimum atomic E-state index is -0.237. The van der Waals surface area contributed by atoms with E-state index in [0.29, 0.717) is 6.04 Å². The van der Waals surface area contributed by atoms with Gasteiger partial charge in [-0.25, -0.2) is 4.98 Å². The number of nitrogens with zero attached hydrogens (tertiary/aromatic N) is 3. The third-order valence-corrected chi connectivity index (χ3v) is 6.24. The van der Waals surface area contributed by atoms with E-state index in [0.717, 1.165) is 77.9 Å². The molecule has 0 saturated carbocycles. The molecule has 0 radical (unpaired) electrons. The zero-order chi connectivity index (χ0) is 19.3. The van der Waals surface area contributed by atoms with Gasteiger partial charge in [0.1, 0.15) is 0 Å². The lowest BCUT2D eigenvalue weighted by molar-refractivity contribution is -0.135. The lowest BCUT2D eigenvalue weighted by Gasteiger charge is -2.36. The molecule has 3 fully saturated rings. The van der Waals surface area contributed by atoms with Crippen molar-refractivity contribution in [3.05, 3.63) is 18.4 Å². The van der Waals surface area contributed by atoms with Crippen LogP contribution in [0.15, 0.2) is 17.0 Å². The van der Waals surface area contributed by atoms with Crippen molar-refractivity contribution in [1.82, 2.24) is 20.1 Å². The number of nitrogens with one attached hydrogen (secondary N) is 1. The van der Waals surface area contributed by atoms with Crippen LogP contribution in [0.25, 0.3) is 0 Å². The van der Waals surface area contributed by atoms with E-state index in [9.17, 15) is 9.59 Å². The SMILES string of the molecule is O=C(N[C@H]1CC[C@@H](C(=O)N2CCCC2)CN(C2CCOCC2)C1)c1cnco1. The highest BCUT2D eigenvalue weighted by atomic mass is 16.5. The Morgan fingerprint density at radius 3 is 2.57 bits per heavy atom. The van der Waals surface area contributed by atoms with Gasteiger partial charge in [0.25, 0.3) is 5.91 Å². The van der Waals surface area contributed by atoms with E-state index in [2.05, 4.69) is 15.2 Å². The molecule has 154 valence electrons. The molecule has 4 rings (SSSR count). The number of carbonyl (C=O) groups excluding carboxylic acids is 2. The molecule has 0 bridgehead atoms. The number of aromatic nitrogens is 1. The van der Waals surface area contributed by atoms with Crippen LogP contribution in [0.4, 0.5) is 0 Å². The first-order valence-electron chi connectivity index (χ1n) is 10.5. The third-order valence-electron chi connectivity index (χ3n) is 6.24. The Bertz CT molecular complexity index is 653. The number of hydrogen-bond acceptors (Lipinski definition) is 6. The fourth-order valence-corrected chi connectivity index (χ4v) is 4.67. The molecule has 1 aromatic rings. The van der Waals surface area contributed by atoms with Crippen molar-refractivity contribution in [2.24, 2.45) is 5.92 Å². The monoisotopic (exact) mass is 390 g/mol. The molecule has 4 heterocycles. The molecule has 28 heavy (non-hydrogen) atoms. The number of likely N-dealkylation sites (tertiary alicyclic amines) is 2. The molecule has 8 nitrogen and oxygen atoms in total. The van der Waals surface area contributed by atoms with Gasteiger partial charge in [-0.3, -0.25) is 14.5 Å². The Morgan fingerprint density at radius 2 is 1.86 bits per heavy atom. The van der Waals surface area contributed by atoms with Crippen molar-refractivity contribution in [3.8, 4) is 0 Å². The number of carbonyl (C=O) groups is 2. The van der Waals surface area contributed by atoms with E-state index in [1.165, 1.54) is 12.6 Å². The van der Waals surface area contributed by atoms with Crippen LogP contribution >= 0.6 is 0 Å². The smallest absolute Gasteiger partial charge is 0.288 e. The lowest BCUT2D eigenvalue weighted by Crippen LogP contribution is -2.49. The van der Waals surface area contributed by atoms with E-state index in [4.69, 9.17) is 9.15 Å². The van der Waals surface area contributed by atoms with Crippen LogP contribution < -0.4 is 5.32 Å². The number of hydrogen-bond donors (Lipinski definition) is 1. The summed E-state index contributed by atoms with van der Waals surface area (Å²) in [5.74, 6) is 0.287. The van der Waals surface area contributed by atoms with Crippen molar-refractivity contribution < 1.29 is 18.7 Å².